The minimum atomic E-state index is -0.861. The van der Waals surface area contributed by atoms with Crippen LogP contribution in [0.25, 0.3) is 5.57 Å². The van der Waals surface area contributed by atoms with E-state index in [1.54, 1.807) is 11.9 Å². The minimum Gasteiger partial charge on any atom is -0.444 e. The molecule has 176 valence electrons. The van der Waals surface area contributed by atoms with Gasteiger partial charge in [-0.25, -0.2) is 9.25 Å². The lowest BCUT2D eigenvalue weighted by Crippen LogP contribution is -2.38. The number of hydrogen-bond acceptors (Lipinski definition) is 4. The second-order valence-corrected chi connectivity index (χ2v) is 11.4. The molecular formula is C21H34F2IN4O2P. The van der Waals surface area contributed by atoms with Gasteiger partial charge < -0.3 is 14.5 Å². The molecule has 1 aromatic heterocycles. The van der Waals surface area contributed by atoms with E-state index >= 15 is 0 Å². The van der Waals surface area contributed by atoms with Gasteiger partial charge in [-0.3, -0.25) is 8.78 Å². The number of amides is 1. The molecule has 0 fully saturated rings. The number of ether oxygens (including phenoxy) is 1. The van der Waals surface area contributed by atoms with E-state index < -0.39 is 24.4 Å². The van der Waals surface area contributed by atoms with E-state index in [9.17, 15) is 13.6 Å². The summed E-state index contributed by atoms with van der Waals surface area (Å²) in [6.45, 7) is 6.19. The molecule has 1 aliphatic carbocycles. The van der Waals surface area contributed by atoms with Crippen molar-refractivity contribution in [1.29, 1.82) is 0 Å². The van der Waals surface area contributed by atoms with Gasteiger partial charge in [-0.1, -0.05) is 6.08 Å². The van der Waals surface area contributed by atoms with Crippen LogP contribution >= 0.6 is 28.4 Å². The molecule has 31 heavy (non-hydrogen) atoms. The molecular weight excluding hydrogens is 536 g/mol. The summed E-state index contributed by atoms with van der Waals surface area (Å²) in [5.41, 5.74) is 1.70. The van der Waals surface area contributed by atoms with Gasteiger partial charge in [0.05, 0.1) is 25.4 Å². The van der Waals surface area contributed by atoms with Crippen LogP contribution in [0.4, 0.5) is 13.6 Å². The van der Waals surface area contributed by atoms with Gasteiger partial charge >= 0.3 is 6.09 Å². The number of alkyl halides is 2. The minimum absolute atomic E-state index is 0.336. The quantitative estimate of drug-likeness (QED) is 0.292. The van der Waals surface area contributed by atoms with E-state index in [0.717, 1.165) is 16.8 Å². The van der Waals surface area contributed by atoms with Crippen molar-refractivity contribution in [2.45, 2.75) is 52.2 Å². The molecule has 1 aromatic rings. The number of nitrogens with zero attached hydrogens (tertiary/aromatic N) is 4. The molecule has 0 bridgehead atoms. The molecule has 0 N–H and O–H groups in total. The van der Waals surface area contributed by atoms with E-state index in [1.165, 1.54) is 0 Å². The van der Waals surface area contributed by atoms with Gasteiger partial charge in [0.15, 0.2) is 0 Å². The molecule has 0 saturated carbocycles. The fourth-order valence-corrected chi connectivity index (χ4v) is 4.48. The number of hydrogen-bond donors (Lipinski definition) is 0. The highest BCUT2D eigenvalue weighted by atomic mass is 127. The number of carbonyl (C=O) groups is 1. The Balaban J connectivity index is 2.03. The Bertz CT molecular complexity index is 778. The van der Waals surface area contributed by atoms with Crippen molar-refractivity contribution in [3.8, 4) is 0 Å². The van der Waals surface area contributed by atoms with Crippen LogP contribution < -0.4 is 0 Å². The Kier molecular flexibility index (Phi) is 9.70. The standard InChI is InChI=1S/C21H34F2IN4O2P/c1-20(2,3)30-19(29)27(5)11-10-26(4)12-17-13-28(31-24)25-18(17)16-6-8-21(14-22,15-23)9-7-16/h6,13,31H,7-12,14-15H2,1-5H3. The smallest absolute Gasteiger partial charge is 0.410 e. The summed E-state index contributed by atoms with van der Waals surface area (Å²) >= 11 is 2.29. The molecule has 0 radical (unpaired) electrons. The third-order valence-corrected chi connectivity index (χ3v) is 7.30. The summed E-state index contributed by atoms with van der Waals surface area (Å²) in [5.74, 6) is 0. The monoisotopic (exact) mass is 570 g/mol. The summed E-state index contributed by atoms with van der Waals surface area (Å²) in [4.78, 5) is 15.9. The van der Waals surface area contributed by atoms with Crippen LogP contribution in [0.2, 0.25) is 0 Å². The van der Waals surface area contributed by atoms with Gasteiger partial charge in [-0.15, -0.1) is 0 Å². The van der Waals surface area contributed by atoms with Crippen LogP contribution in [0, 0.1) is 5.41 Å². The van der Waals surface area contributed by atoms with Gasteiger partial charge in [0.1, 0.15) is 5.60 Å². The van der Waals surface area contributed by atoms with Crippen molar-refractivity contribution in [3.05, 3.63) is 23.5 Å². The fourth-order valence-electron chi connectivity index (χ4n) is 3.40. The number of allylic oxidation sites excluding steroid dienone is 2. The Morgan fingerprint density at radius 3 is 2.52 bits per heavy atom. The predicted molar refractivity (Wildman–Crippen MR) is 131 cm³/mol. The topological polar surface area (TPSA) is 50.6 Å². The molecule has 2 rings (SSSR count). The third-order valence-electron chi connectivity index (χ3n) is 5.42. The van der Waals surface area contributed by atoms with E-state index in [4.69, 9.17) is 9.84 Å². The molecule has 1 unspecified atom stereocenters. The van der Waals surface area contributed by atoms with Crippen LogP contribution in [0.15, 0.2) is 12.3 Å². The third kappa shape index (κ3) is 7.63. The van der Waals surface area contributed by atoms with Crippen molar-refractivity contribution < 1.29 is 18.3 Å². The van der Waals surface area contributed by atoms with E-state index in [2.05, 4.69) is 26.9 Å². The summed E-state index contributed by atoms with van der Waals surface area (Å²) in [6.07, 6.45) is 5.69. The van der Waals surface area contributed by atoms with Gasteiger partial charge in [-0.2, -0.15) is 5.10 Å². The SMILES string of the molecule is CN(CCN(C)C(=O)OC(C)(C)C)Cc1cn(PI)nc1C1=CCC(CF)(CF)CC1. The fraction of sp³-hybridized carbons (Fsp3) is 0.714. The number of aromatic nitrogens is 2. The molecule has 0 aliphatic heterocycles. The maximum Gasteiger partial charge on any atom is 0.410 e. The van der Waals surface area contributed by atoms with E-state index in [1.807, 2.05) is 44.5 Å². The number of likely N-dealkylation sites (N-methyl/N-ethyl adjacent to an activating group) is 2. The maximum absolute atomic E-state index is 13.3. The molecule has 1 atom stereocenters. The zero-order chi connectivity index (χ0) is 23.2. The average Bonchev–Trinajstić information content (AvgIpc) is 3.13. The Hall–Kier alpha value is -0.800. The maximum atomic E-state index is 13.3. The van der Waals surface area contributed by atoms with Crippen LogP contribution in [0.3, 0.4) is 0 Å². The lowest BCUT2D eigenvalue weighted by atomic mass is 9.76. The first-order chi connectivity index (χ1) is 14.5. The first-order valence-electron chi connectivity index (χ1n) is 10.4. The van der Waals surface area contributed by atoms with Gasteiger partial charge in [0, 0.05) is 43.9 Å². The first kappa shape index (κ1) is 26.5. The van der Waals surface area contributed by atoms with Crippen molar-refractivity contribution in [1.82, 2.24) is 19.4 Å². The van der Waals surface area contributed by atoms with E-state index in [-0.39, 0.29) is 6.09 Å². The summed E-state index contributed by atoms with van der Waals surface area (Å²) < 4.78 is 34.0. The Morgan fingerprint density at radius 1 is 1.32 bits per heavy atom. The van der Waals surface area contributed by atoms with Crippen molar-refractivity contribution in [3.63, 3.8) is 0 Å². The molecule has 1 amide bonds. The molecule has 1 heterocycles. The van der Waals surface area contributed by atoms with Crippen molar-refractivity contribution in [2.75, 3.05) is 40.5 Å². The molecule has 0 aromatic carbocycles. The van der Waals surface area contributed by atoms with Gasteiger partial charge in [-0.05, 0) is 74.7 Å². The second kappa shape index (κ2) is 11.4. The molecule has 6 nitrogen and oxygen atoms in total. The molecule has 0 spiro atoms. The van der Waals surface area contributed by atoms with Gasteiger partial charge in [0.25, 0.3) is 0 Å². The van der Waals surface area contributed by atoms with Crippen molar-refractivity contribution in [2.24, 2.45) is 5.41 Å². The van der Waals surface area contributed by atoms with Crippen LogP contribution in [-0.2, 0) is 11.3 Å². The van der Waals surface area contributed by atoms with E-state index in [0.29, 0.717) is 45.3 Å². The highest BCUT2D eigenvalue weighted by molar-refractivity contribution is 14.2. The summed E-state index contributed by atoms with van der Waals surface area (Å²) in [5, 5.41) is 4.72. The predicted octanol–water partition coefficient (Wildman–Crippen LogP) is 5.47. The Labute approximate surface area is 199 Å². The molecule has 1 aliphatic rings. The summed E-state index contributed by atoms with van der Waals surface area (Å²) in [7, 11) is 3.74. The zero-order valence-electron chi connectivity index (χ0n) is 19.1. The lowest BCUT2D eigenvalue weighted by Gasteiger charge is -2.31. The summed E-state index contributed by atoms with van der Waals surface area (Å²) in [6, 6.07) is 0. The highest BCUT2D eigenvalue weighted by Gasteiger charge is 2.33. The van der Waals surface area contributed by atoms with Gasteiger partial charge in [0.2, 0.25) is 0 Å². The highest BCUT2D eigenvalue weighted by Crippen LogP contribution is 2.40. The first-order valence-corrected chi connectivity index (χ1v) is 14.5. The largest absolute Gasteiger partial charge is 0.444 e. The van der Waals surface area contributed by atoms with Crippen LogP contribution in [0.1, 0.15) is 51.3 Å². The second-order valence-electron chi connectivity index (χ2n) is 9.37. The number of carbonyl (C=O) groups excluding carboxylic acids is 1. The van der Waals surface area contributed by atoms with Crippen LogP contribution in [-0.4, -0.2) is 71.6 Å². The zero-order valence-corrected chi connectivity index (χ0v) is 22.2. The average molecular weight is 570 g/mol. The van der Waals surface area contributed by atoms with Crippen molar-refractivity contribution >= 4 is 40.1 Å². The normalized spacial score (nSPS) is 16.7. The molecule has 10 heteroatoms. The number of rotatable bonds is 9. The Morgan fingerprint density at radius 2 is 2.00 bits per heavy atom. The van der Waals surface area contributed by atoms with Crippen LogP contribution in [0.5, 0.6) is 0 Å². The lowest BCUT2D eigenvalue weighted by molar-refractivity contribution is 0.0286. The molecule has 0 saturated heterocycles. The number of halogens is 3.